The summed E-state index contributed by atoms with van der Waals surface area (Å²) in [6, 6.07) is 5.78. The van der Waals surface area contributed by atoms with Crippen LogP contribution in [0.4, 0.5) is 5.13 Å². The molecule has 0 aliphatic heterocycles. The first-order valence-corrected chi connectivity index (χ1v) is 6.34. The van der Waals surface area contributed by atoms with Crippen LogP contribution in [0.3, 0.4) is 0 Å². The van der Waals surface area contributed by atoms with Gasteiger partial charge in [-0.3, -0.25) is 0 Å². The smallest absolute Gasteiger partial charge is 0.180 e. The second kappa shape index (κ2) is 4.53. The Labute approximate surface area is 106 Å². The second-order valence-electron chi connectivity index (χ2n) is 3.51. The molecule has 2 rings (SSSR count). The Hall–Kier alpha value is -0.910. The summed E-state index contributed by atoms with van der Waals surface area (Å²) in [5, 5.41) is 10.6. The molecule has 0 amide bonds. The van der Waals surface area contributed by atoms with E-state index in [1.165, 1.54) is 11.3 Å². The highest BCUT2D eigenvalue weighted by molar-refractivity contribution is 9.10. The van der Waals surface area contributed by atoms with Crippen LogP contribution < -0.4 is 5.73 Å². The van der Waals surface area contributed by atoms with Crippen molar-refractivity contribution in [2.75, 3.05) is 5.73 Å². The zero-order valence-electron chi connectivity index (χ0n) is 8.64. The maximum absolute atomic E-state index is 10.1. The number of benzene rings is 1. The van der Waals surface area contributed by atoms with Crippen molar-refractivity contribution in [2.24, 2.45) is 0 Å². The Morgan fingerprint density at radius 1 is 1.50 bits per heavy atom. The summed E-state index contributed by atoms with van der Waals surface area (Å²) in [5.41, 5.74) is 7.51. The van der Waals surface area contributed by atoms with E-state index in [-0.39, 0.29) is 0 Å². The van der Waals surface area contributed by atoms with E-state index in [1.807, 2.05) is 25.1 Å². The Morgan fingerprint density at radius 2 is 2.25 bits per heavy atom. The summed E-state index contributed by atoms with van der Waals surface area (Å²) in [7, 11) is 0. The molecule has 5 heteroatoms. The first kappa shape index (κ1) is 11.6. The fourth-order valence-corrected chi connectivity index (χ4v) is 2.47. The first-order chi connectivity index (χ1) is 7.58. The van der Waals surface area contributed by atoms with Crippen molar-refractivity contribution in [1.29, 1.82) is 0 Å². The van der Waals surface area contributed by atoms with Gasteiger partial charge >= 0.3 is 0 Å². The number of thiazole rings is 1. The topological polar surface area (TPSA) is 59.1 Å². The highest BCUT2D eigenvalue weighted by Gasteiger charge is 2.14. The maximum atomic E-state index is 10.1. The van der Waals surface area contributed by atoms with E-state index in [4.69, 9.17) is 5.73 Å². The van der Waals surface area contributed by atoms with Crippen molar-refractivity contribution >= 4 is 32.4 Å². The van der Waals surface area contributed by atoms with Gasteiger partial charge in [0.15, 0.2) is 5.13 Å². The molecule has 0 saturated carbocycles. The van der Waals surface area contributed by atoms with Crippen LogP contribution >= 0.6 is 27.3 Å². The summed E-state index contributed by atoms with van der Waals surface area (Å²) in [4.78, 5) is 4.69. The average molecular weight is 299 g/mol. The van der Waals surface area contributed by atoms with Crippen LogP contribution in [-0.4, -0.2) is 10.1 Å². The summed E-state index contributed by atoms with van der Waals surface area (Å²) < 4.78 is 0.988. The SMILES string of the molecule is Cc1ccc(C(O)c2cnc(N)s2)cc1Br. The molecule has 1 aromatic carbocycles. The number of anilines is 1. The lowest BCUT2D eigenvalue weighted by Gasteiger charge is -2.09. The lowest BCUT2D eigenvalue weighted by atomic mass is 10.1. The number of aliphatic hydroxyl groups is 1. The van der Waals surface area contributed by atoms with E-state index < -0.39 is 6.10 Å². The Bertz CT molecular complexity index is 512. The molecule has 1 heterocycles. The molecule has 0 aliphatic rings. The van der Waals surface area contributed by atoms with Crippen LogP contribution in [0.2, 0.25) is 0 Å². The fourth-order valence-electron chi connectivity index (χ4n) is 1.37. The number of nitrogens with two attached hydrogens (primary N) is 1. The predicted octanol–water partition coefficient (Wildman–Crippen LogP) is 2.88. The molecule has 2 aromatic rings. The number of hydrogen-bond acceptors (Lipinski definition) is 4. The van der Waals surface area contributed by atoms with Gasteiger partial charge in [0, 0.05) is 10.7 Å². The molecule has 0 fully saturated rings. The summed E-state index contributed by atoms with van der Waals surface area (Å²) in [5.74, 6) is 0. The van der Waals surface area contributed by atoms with E-state index in [0.717, 1.165) is 20.5 Å². The number of aliphatic hydroxyl groups excluding tert-OH is 1. The summed E-state index contributed by atoms with van der Waals surface area (Å²) >= 11 is 4.75. The molecule has 16 heavy (non-hydrogen) atoms. The van der Waals surface area contributed by atoms with Crippen molar-refractivity contribution in [2.45, 2.75) is 13.0 Å². The van der Waals surface area contributed by atoms with Gasteiger partial charge in [0.25, 0.3) is 0 Å². The summed E-state index contributed by atoms with van der Waals surface area (Å²) in [6.07, 6.45) is 0.949. The van der Waals surface area contributed by atoms with Gasteiger partial charge in [-0.25, -0.2) is 4.98 Å². The number of nitrogen functional groups attached to an aromatic ring is 1. The van der Waals surface area contributed by atoms with Gasteiger partial charge in [-0.2, -0.15) is 0 Å². The zero-order valence-corrected chi connectivity index (χ0v) is 11.0. The molecule has 3 N–H and O–H groups in total. The third-order valence-corrected chi connectivity index (χ3v) is 4.06. The number of aryl methyl sites for hydroxylation is 1. The monoisotopic (exact) mass is 298 g/mol. The lowest BCUT2D eigenvalue weighted by Crippen LogP contribution is -1.97. The van der Waals surface area contributed by atoms with Crippen LogP contribution in [0, 0.1) is 6.92 Å². The normalized spacial score (nSPS) is 12.7. The minimum absolute atomic E-state index is 0.472. The lowest BCUT2D eigenvalue weighted by molar-refractivity contribution is 0.224. The third kappa shape index (κ3) is 2.26. The van der Waals surface area contributed by atoms with E-state index >= 15 is 0 Å². The van der Waals surface area contributed by atoms with Crippen LogP contribution in [0.1, 0.15) is 22.1 Å². The molecule has 1 unspecified atom stereocenters. The molecule has 0 bridgehead atoms. The second-order valence-corrected chi connectivity index (χ2v) is 5.46. The number of nitrogens with zero attached hydrogens (tertiary/aromatic N) is 1. The third-order valence-electron chi connectivity index (χ3n) is 2.32. The van der Waals surface area contributed by atoms with Gasteiger partial charge in [-0.05, 0) is 24.1 Å². The predicted molar refractivity (Wildman–Crippen MR) is 69.5 cm³/mol. The Morgan fingerprint density at radius 3 is 2.81 bits per heavy atom. The molecular formula is C11H11BrN2OS. The molecule has 0 radical (unpaired) electrons. The molecule has 0 aliphatic carbocycles. The number of hydrogen-bond donors (Lipinski definition) is 2. The van der Waals surface area contributed by atoms with Crippen LogP contribution in [0.15, 0.2) is 28.9 Å². The number of halogens is 1. The average Bonchev–Trinajstić information content (AvgIpc) is 2.68. The van der Waals surface area contributed by atoms with Gasteiger partial charge in [-0.1, -0.05) is 39.4 Å². The van der Waals surface area contributed by atoms with E-state index in [1.54, 1.807) is 6.20 Å². The largest absolute Gasteiger partial charge is 0.383 e. The van der Waals surface area contributed by atoms with Crippen LogP contribution in [0.5, 0.6) is 0 Å². The molecule has 1 aromatic heterocycles. The quantitative estimate of drug-likeness (QED) is 0.896. The zero-order chi connectivity index (χ0) is 11.7. The molecule has 0 saturated heterocycles. The van der Waals surface area contributed by atoms with Gasteiger partial charge in [0.1, 0.15) is 6.10 Å². The van der Waals surface area contributed by atoms with E-state index in [2.05, 4.69) is 20.9 Å². The maximum Gasteiger partial charge on any atom is 0.180 e. The molecule has 84 valence electrons. The van der Waals surface area contributed by atoms with Crippen molar-refractivity contribution in [1.82, 2.24) is 4.98 Å². The fraction of sp³-hybridized carbons (Fsp3) is 0.182. The number of aromatic nitrogens is 1. The van der Waals surface area contributed by atoms with Crippen LogP contribution in [0.25, 0.3) is 0 Å². The summed E-state index contributed by atoms with van der Waals surface area (Å²) in [6.45, 7) is 2.00. The van der Waals surface area contributed by atoms with Gasteiger partial charge in [0.05, 0.1) is 4.88 Å². The highest BCUT2D eigenvalue weighted by Crippen LogP contribution is 2.30. The standard InChI is InChI=1S/C11H11BrN2OS/c1-6-2-3-7(4-8(6)12)10(15)9-5-14-11(13)16-9/h2-5,10,15H,1H3,(H2,13,14). The minimum Gasteiger partial charge on any atom is -0.383 e. The van der Waals surface area contributed by atoms with Crippen LogP contribution in [-0.2, 0) is 0 Å². The van der Waals surface area contributed by atoms with Gasteiger partial charge in [-0.15, -0.1) is 0 Å². The van der Waals surface area contributed by atoms with E-state index in [0.29, 0.717) is 5.13 Å². The minimum atomic E-state index is -0.660. The number of rotatable bonds is 2. The molecule has 3 nitrogen and oxygen atoms in total. The highest BCUT2D eigenvalue weighted by atomic mass is 79.9. The molecule has 1 atom stereocenters. The Kier molecular flexibility index (Phi) is 3.28. The van der Waals surface area contributed by atoms with Gasteiger partial charge in [0.2, 0.25) is 0 Å². The van der Waals surface area contributed by atoms with Crippen molar-refractivity contribution in [3.8, 4) is 0 Å². The first-order valence-electron chi connectivity index (χ1n) is 4.73. The van der Waals surface area contributed by atoms with E-state index in [9.17, 15) is 5.11 Å². The van der Waals surface area contributed by atoms with Gasteiger partial charge < -0.3 is 10.8 Å². The van der Waals surface area contributed by atoms with Crippen molar-refractivity contribution in [3.05, 3.63) is 44.9 Å². The van der Waals surface area contributed by atoms with Crippen molar-refractivity contribution in [3.63, 3.8) is 0 Å². The molecule has 0 spiro atoms. The molecular weight excluding hydrogens is 288 g/mol. The Balaban J connectivity index is 2.33. The van der Waals surface area contributed by atoms with Crippen molar-refractivity contribution < 1.29 is 5.11 Å².